The Kier molecular flexibility index (Phi) is 5.50. The van der Waals surface area contributed by atoms with Crippen LogP contribution in [0, 0.1) is 11.6 Å². The number of hydrogen-bond donors (Lipinski definition) is 1. The lowest BCUT2D eigenvalue weighted by atomic mass is 10.1. The number of nitrogens with one attached hydrogen (secondary N) is 1. The summed E-state index contributed by atoms with van der Waals surface area (Å²) in [5, 5.41) is 11.0. The normalized spacial score (nSPS) is 13.4. The number of benzene rings is 2. The molecular weight excluding hydrogens is 378 g/mol. The Morgan fingerprint density at radius 1 is 1.07 bits per heavy atom. The second kappa shape index (κ2) is 8.38. The van der Waals surface area contributed by atoms with Gasteiger partial charge in [-0.15, -0.1) is 10.2 Å². The maximum absolute atomic E-state index is 14.5. The first-order valence-electron chi connectivity index (χ1n) is 9.51. The average molecular weight is 398 g/mol. The van der Waals surface area contributed by atoms with E-state index in [-0.39, 0.29) is 17.9 Å². The van der Waals surface area contributed by atoms with E-state index >= 15 is 0 Å². The predicted octanol–water partition coefficient (Wildman–Crippen LogP) is 3.97. The molecule has 1 N–H and O–H groups in total. The van der Waals surface area contributed by atoms with Gasteiger partial charge in [-0.05, 0) is 43.2 Å². The van der Waals surface area contributed by atoms with Gasteiger partial charge in [0, 0.05) is 18.7 Å². The first-order chi connectivity index (χ1) is 14.1. The maximum Gasteiger partial charge on any atom is 0.262 e. The number of hydrogen-bond acceptors (Lipinski definition) is 4. The molecule has 0 saturated carbocycles. The first-order valence-corrected chi connectivity index (χ1v) is 9.51. The number of carbonyl (C=O) groups excluding carboxylic acids is 1. The van der Waals surface area contributed by atoms with Gasteiger partial charge in [0.25, 0.3) is 5.91 Å². The Bertz CT molecular complexity index is 1040. The molecule has 0 radical (unpaired) electrons. The molecule has 2 aromatic carbocycles. The Morgan fingerprint density at radius 3 is 2.79 bits per heavy atom. The molecule has 1 aromatic heterocycles. The zero-order chi connectivity index (χ0) is 20.2. The minimum atomic E-state index is -0.545. The molecule has 1 amide bonds. The molecule has 0 spiro atoms. The second-order valence-corrected chi connectivity index (χ2v) is 6.86. The summed E-state index contributed by atoms with van der Waals surface area (Å²) in [5.41, 5.74) is 0.674. The molecule has 0 atom stereocenters. The zero-order valence-electron chi connectivity index (χ0n) is 15.7. The van der Waals surface area contributed by atoms with Crippen LogP contribution >= 0.6 is 0 Å². The van der Waals surface area contributed by atoms with E-state index in [1.165, 1.54) is 36.4 Å². The van der Waals surface area contributed by atoms with Gasteiger partial charge in [-0.25, -0.2) is 8.78 Å². The number of fused-ring (bicyclic) bond motifs is 1. The van der Waals surface area contributed by atoms with Crippen molar-refractivity contribution in [2.75, 3.05) is 11.9 Å². The summed E-state index contributed by atoms with van der Waals surface area (Å²) in [6, 6.07) is 10.1. The lowest BCUT2D eigenvalue weighted by molar-refractivity contribution is -0.118. The van der Waals surface area contributed by atoms with E-state index in [9.17, 15) is 13.6 Å². The molecule has 6 nitrogen and oxygen atoms in total. The van der Waals surface area contributed by atoms with E-state index in [2.05, 4.69) is 15.5 Å². The molecular formula is C21H20F2N4O2. The smallest absolute Gasteiger partial charge is 0.262 e. The molecule has 0 bridgehead atoms. The highest BCUT2D eigenvalue weighted by Crippen LogP contribution is 2.27. The molecule has 29 heavy (non-hydrogen) atoms. The van der Waals surface area contributed by atoms with E-state index < -0.39 is 17.5 Å². The van der Waals surface area contributed by atoms with Crippen LogP contribution in [-0.4, -0.2) is 27.3 Å². The summed E-state index contributed by atoms with van der Waals surface area (Å²) < 4.78 is 35.2. The minimum absolute atomic E-state index is 0.00593. The van der Waals surface area contributed by atoms with Crippen LogP contribution in [0.25, 0.3) is 11.4 Å². The maximum atomic E-state index is 14.5. The number of aromatic nitrogens is 3. The van der Waals surface area contributed by atoms with Gasteiger partial charge in [-0.2, -0.15) is 0 Å². The average Bonchev–Trinajstić information content (AvgIpc) is 2.96. The SMILES string of the molecule is O=C(COc1ccccc1F)Nc1ccc(F)c(-c2nnc3n2CCCCC3)c1. The topological polar surface area (TPSA) is 69.0 Å². The van der Waals surface area contributed by atoms with E-state index in [1.54, 1.807) is 6.07 Å². The number of ether oxygens (including phenoxy) is 1. The molecule has 4 rings (SSSR count). The summed E-state index contributed by atoms with van der Waals surface area (Å²) in [6.45, 7) is 0.373. The number of halogens is 2. The van der Waals surface area contributed by atoms with Gasteiger partial charge in [0.15, 0.2) is 24.0 Å². The number of aryl methyl sites for hydroxylation is 1. The highest BCUT2D eigenvalue weighted by Gasteiger charge is 2.19. The van der Waals surface area contributed by atoms with Crippen LogP contribution in [0.3, 0.4) is 0 Å². The number of rotatable bonds is 5. The van der Waals surface area contributed by atoms with E-state index in [1.807, 2.05) is 4.57 Å². The van der Waals surface area contributed by atoms with Gasteiger partial charge in [0.1, 0.15) is 11.6 Å². The van der Waals surface area contributed by atoms with Crippen molar-refractivity contribution in [3.8, 4) is 17.1 Å². The summed E-state index contributed by atoms with van der Waals surface area (Å²) in [5.74, 6) is -0.163. The Morgan fingerprint density at radius 2 is 1.93 bits per heavy atom. The monoisotopic (exact) mass is 398 g/mol. The Balaban J connectivity index is 1.49. The fraction of sp³-hybridized carbons (Fsp3) is 0.286. The third-order valence-electron chi connectivity index (χ3n) is 4.80. The molecule has 0 fully saturated rings. The van der Waals surface area contributed by atoms with Gasteiger partial charge in [-0.1, -0.05) is 18.6 Å². The third kappa shape index (κ3) is 4.26. The number of nitrogens with zero attached hydrogens (tertiary/aromatic N) is 3. The van der Waals surface area contributed by atoms with Crippen LogP contribution in [0.2, 0.25) is 0 Å². The predicted molar refractivity (Wildman–Crippen MR) is 103 cm³/mol. The molecule has 8 heteroatoms. The summed E-state index contributed by atoms with van der Waals surface area (Å²) >= 11 is 0. The van der Waals surface area contributed by atoms with Crippen LogP contribution < -0.4 is 10.1 Å². The highest BCUT2D eigenvalue weighted by molar-refractivity contribution is 5.92. The van der Waals surface area contributed by atoms with Crippen LogP contribution in [0.15, 0.2) is 42.5 Å². The molecule has 0 aliphatic carbocycles. The quantitative estimate of drug-likeness (QED) is 0.706. The highest BCUT2D eigenvalue weighted by atomic mass is 19.1. The summed E-state index contributed by atoms with van der Waals surface area (Å²) in [4.78, 5) is 12.2. The standard InChI is InChI=1S/C21H20F2N4O2/c22-16-10-9-14(24-20(28)13-29-18-7-4-3-6-17(18)23)12-15(16)21-26-25-19-8-2-1-5-11-27(19)21/h3-4,6-7,9-10,12H,1-2,5,8,11,13H2,(H,24,28). The Hall–Kier alpha value is -3.29. The van der Waals surface area contributed by atoms with E-state index in [4.69, 9.17) is 4.74 Å². The van der Waals surface area contributed by atoms with E-state index in [0.717, 1.165) is 38.1 Å². The second-order valence-electron chi connectivity index (χ2n) is 6.86. The van der Waals surface area contributed by atoms with Crippen molar-refractivity contribution in [1.82, 2.24) is 14.8 Å². The number of anilines is 1. The van der Waals surface area contributed by atoms with Crippen molar-refractivity contribution >= 4 is 11.6 Å². The van der Waals surface area contributed by atoms with Crippen LogP contribution in [0.4, 0.5) is 14.5 Å². The van der Waals surface area contributed by atoms with Crippen molar-refractivity contribution < 1.29 is 18.3 Å². The van der Waals surface area contributed by atoms with Gasteiger partial charge in [0.2, 0.25) is 0 Å². The van der Waals surface area contributed by atoms with Gasteiger partial charge in [-0.3, -0.25) is 4.79 Å². The van der Waals surface area contributed by atoms with Gasteiger partial charge in [0.05, 0.1) is 5.56 Å². The number of amides is 1. The van der Waals surface area contributed by atoms with Crippen LogP contribution in [-0.2, 0) is 17.8 Å². The van der Waals surface area contributed by atoms with Crippen molar-refractivity contribution in [3.05, 3.63) is 59.9 Å². The lowest BCUT2D eigenvalue weighted by Crippen LogP contribution is -2.20. The van der Waals surface area contributed by atoms with Crippen molar-refractivity contribution in [3.63, 3.8) is 0 Å². The molecule has 2 heterocycles. The molecule has 0 saturated heterocycles. The zero-order valence-corrected chi connectivity index (χ0v) is 15.7. The number of carbonyl (C=O) groups is 1. The van der Waals surface area contributed by atoms with Crippen molar-refractivity contribution in [1.29, 1.82) is 0 Å². The summed E-state index contributed by atoms with van der Waals surface area (Å²) in [7, 11) is 0. The fourth-order valence-electron chi connectivity index (χ4n) is 3.36. The molecule has 0 unspecified atom stereocenters. The van der Waals surface area contributed by atoms with Crippen LogP contribution in [0.5, 0.6) is 5.75 Å². The molecule has 3 aromatic rings. The van der Waals surface area contributed by atoms with Crippen molar-refractivity contribution in [2.24, 2.45) is 0 Å². The number of para-hydroxylation sites is 1. The molecule has 150 valence electrons. The largest absolute Gasteiger partial charge is 0.481 e. The van der Waals surface area contributed by atoms with Gasteiger partial charge < -0.3 is 14.6 Å². The van der Waals surface area contributed by atoms with Crippen molar-refractivity contribution in [2.45, 2.75) is 32.2 Å². The van der Waals surface area contributed by atoms with E-state index in [0.29, 0.717) is 11.5 Å². The lowest BCUT2D eigenvalue weighted by Gasteiger charge is -2.11. The first kappa shape index (κ1) is 19.0. The third-order valence-corrected chi connectivity index (χ3v) is 4.80. The molecule has 1 aliphatic rings. The fourth-order valence-corrected chi connectivity index (χ4v) is 3.36. The minimum Gasteiger partial charge on any atom is -0.481 e. The Labute approximate surface area is 166 Å². The van der Waals surface area contributed by atoms with Gasteiger partial charge >= 0.3 is 0 Å². The molecule has 1 aliphatic heterocycles. The van der Waals surface area contributed by atoms with Crippen LogP contribution in [0.1, 0.15) is 25.1 Å². The summed E-state index contributed by atoms with van der Waals surface area (Å²) in [6.07, 6.45) is 3.95.